The van der Waals surface area contributed by atoms with Crippen LogP contribution in [0.5, 0.6) is 0 Å². The number of nitrogens with one attached hydrogen (secondary N) is 1. The molecule has 1 amide bonds. The number of aryl methyl sites for hydroxylation is 2. The molecule has 1 atom stereocenters. The average molecular weight is 453 g/mol. The van der Waals surface area contributed by atoms with Crippen LogP contribution in [0, 0.1) is 25.2 Å². The lowest BCUT2D eigenvalue weighted by atomic mass is 10.1. The number of aromatic nitrogens is 2. The van der Waals surface area contributed by atoms with Crippen LogP contribution in [0.3, 0.4) is 0 Å². The van der Waals surface area contributed by atoms with Crippen LogP contribution in [-0.2, 0) is 4.79 Å². The summed E-state index contributed by atoms with van der Waals surface area (Å²) in [5.41, 5.74) is 5.81. The molecule has 0 saturated carbocycles. The van der Waals surface area contributed by atoms with Gasteiger partial charge in [0.1, 0.15) is 11.1 Å². The number of hydrogen-bond donors (Lipinski definition) is 1. The molecule has 0 aliphatic rings. The lowest BCUT2D eigenvalue weighted by molar-refractivity contribution is -0.115. The molecule has 4 aromatic rings. The SMILES string of the molecule is CCC(Sc1nc(-c2ccc(C)cc2)ccc1C#N)C(=O)Nc1cc(C)nc2ccccc12. The topological polar surface area (TPSA) is 78.7 Å². The summed E-state index contributed by atoms with van der Waals surface area (Å²) in [7, 11) is 0. The molecule has 0 saturated heterocycles. The first kappa shape index (κ1) is 22.5. The third-order valence-electron chi connectivity index (χ3n) is 5.35. The molecule has 1 unspecified atom stereocenters. The molecule has 33 heavy (non-hydrogen) atoms. The van der Waals surface area contributed by atoms with Gasteiger partial charge in [-0.1, -0.05) is 66.7 Å². The fourth-order valence-corrected chi connectivity index (χ4v) is 4.58. The fourth-order valence-electron chi connectivity index (χ4n) is 3.58. The molecule has 164 valence electrons. The van der Waals surface area contributed by atoms with E-state index in [4.69, 9.17) is 4.98 Å². The number of hydrogen-bond acceptors (Lipinski definition) is 5. The van der Waals surface area contributed by atoms with Crippen LogP contribution in [0.25, 0.3) is 22.2 Å². The largest absolute Gasteiger partial charge is 0.324 e. The maximum absolute atomic E-state index is 13.2. The van der Waals surface area contributed by atoms with E-state index in [2.05, 4.69) is 16.4 Å². The fraction of sp³-hybridized carbons (Fsp3) is 0.185. The molecule has 0 fully saturated rings. The van der Waals surface area contributed by atoms with Crippen molar-refractivity contribution < 1.29 is 4.79 Å². The summed E-state index contributed by atoms with van der Waals surface area (Å²) in [6.07, 6.45) is 0.597. The molecular formula is C27H24N4OS. The van der Waals surface area contributed by atoms with E-state index in [1.54, 1.807) is 6.07 Å². The van der Waals surface area contributed by atoms with Gasteiger partial charge in [-0.15, -0.1) is 0 Å². The third kappa shape index (κ3) is 5.05. The Morgan fingerprint density at radius 3 is 2.55 bits per heavy atom. The lowest BCUT2D eigenvalue weighted by Crippen LogP contribution is -2.25. The van der Waals surface area contributed by atoms with Gasteiger partial charge in [0.15, 0.2) is 0 Å². The molecule has 6 heteroatoms. The van der Waals surface area contributed by atoms with Crippen LogP contribution >= 0.6 is 11.8 Å². The first-order chi connectivity index (χ1) is 16.0. The number of rotatable bonds is 6. The number of carbonyl (C=O) groups is 1. The molecule has 2 aromatic carbocycles. The Morgan fingerprint density at radius 2 is 1.82 bits per heavy atom. The molecule has 0 aliphatic heterocycles. The standard InChI is InChI=1S/C27H24N4OS/c1-4-25(26(32)30-24-15-18(3)29-23-8-6-5-7-21(23)24)33-27-20(16-28)13-14-22(31-27)19-11-9-17(2)10-12-19/h5-15,25H,4H2,1-3H3,(H,29,30,32). The van der Waals surface area contributed by atoms with Gasteiger partial charge in [0.25, 0.3) is 0 Å². The zero-order chi connectivity index (χ0) is 23.4. The summed E-state index contributed by atoms with van der Waals surface area (Å²) >= 11 is 1.33. The van der Waals surface area contributed by atoms with E-state index in [0.717, 1.165) is 33.5 Å². The van der Waals surface area contributed by atoms with Gasteiger partial charge in [0.2, 0.25) is 5.91 Å². The highest BCUT2D eigenvalue weighted by Gasteiger charge is 2.22. The highest BCUT2D eigenvalue weighted by atomic mass is 32.2. The van der Waals surface area contributed by atoms with Crippen molar-refractivity contribution in [3.63, 3.8) is 0 Å². The maximum atomic E-state index is 13.2. The molecule has 0 bridgehead atoms. The smallest absolute Gasteiger partial charge is 0.237 e. The van der Waals surface area contributed by atoms with Crippen LogP contribution in [-0.4, -0.2) is 21.1 Å². The Labute approximate surface area is 197 Å². The van der Waals surface area contributed by atoms with Crippen LogP contribution in [0.4, 0.5) is 5.69 Å². The number of carbonyl (C=O) groups excluding carboxylic acids is 1. The van der Waals surface area contributed by atoms with E-state index in [0.29, 0.717) is 17.0 Å². The first-order valence-corrected chi connectivity index (χ1v) is 11.7. The summed E-state index contributed by atoms with van der Waals surface area (Å²) in [6.45, 7) is 5.91. The zero-order valence-electron chi connectivity index (χ0n) is 18.8. The van der Waals surface area contributed by atoms with Gasteiger partial charge in [-0.05, 0) is 44.5 Å². The summed E-state index contributed by atoms with van der Waals surface area (Å²) in [5.74, 6) is -0.121. The number of nitriles is 1. The Morgan fingerprint density at radius 1 is 1.06 bits per heavy atom. The second kappa shape index (κ2) is 9.85. The van der Waals surface area contributed by atoms with Crippen molar-refractivity contribution in [1.29, 1.82) is 5.26 Å². The number of para-hydroxylation sites is 1. The molecule has 5 nitrogen and oxygen atoms in total. The van der Waals surface area contributed by atoms with E-state index in [1.807, 2.05) is 81.4 Å². The number of anilines is 1. The number of fused-ring (bicyclic) bond motifs is 1. The number of thioether (sulfide) groups is 1. The number of amides is 1. The van der Waals surface area contributed by atoms with Crippen molar-refractivity contribution in [3.8, 4) is 17.3 Å². The quantitative estimate of drug-likeness (QED) is 0.348. The maximum Gasteiger partial charge on any atom is 0.237 e. The highest BCUT2D eigenvalue weighted by Crippen LogP contribution is 2.31. The van der Waals surface area contributed by atoms with E-state index in [9.17, 15) is 10.1 Å². The summed E-state index contributed by atoms with van der Waals surface area (Å²) in [4.78, 5) is 22.5. The number of nitrogens with zero attached hydrogens (tertiary/aromatic N) is 3. The second-order valence-corrected chi connectivity index (χ2v) is 9.05. The molecular weight excluding hydrogens is 428 g/mol. The summed E-state index contributed by atoms with van der Waals surface area (Å²) in [6, 6.07) is 23.6. The Bertz CT molecular complexity index is 1360. The molecule has 0 aliphatic carbocycles. The first-order valence-electron chi connectivity index (χ1n) is 10.8. The lowest BCUT2D eigenvalue weighted by Gasteiger charge is -2.17. The normalized spacial score (nSPS) is 11.7. The van der Waals surface area contributed by atoms with E-state index in [1.165, 1.54) is 17.3 Å². The molecule has 1 N–H and O–H groups in total. The molecule has 4 rings (SSSR count). The van der Waals surface area contributed by atoms with Gasteiger partial charge >= 0.3 is 0 Å². The Kier molecular flexibility index (Phi) is 6.71. The van der Waals surface area contributed by atoms with Gasteiger partial charge in [0, 0.05) is 16.6 Å². The minimum absolute atomic E-state index is 0.121. The molecule has 2 heterocycles. The number of pyridine rings is 2. The van der Waals surface area contributed by atoms with Crippen LogP contribution in [0.2, 0.25) is 0 Å². The summed E-state index contributed by atoms with van der Waals surface area (Å²) < 4.78 is 0. The van der Waals surface area contributed by atoms with Crippen molar-refractivity contribution in [2.45, 2.75) is 37.5 Å². The van der Waals surface area contributed by atoms with Crippen LogP contribution in [0.1, 0.15) is 30.2 Å². The minimum atomic E-state index is -0.398. The van der Waals surface area contributed by atoms with Crippen molar-refractivity contribution in [2.75, 3.05) is 5.32 Å². The van der Waals surface area contributed by atoms with Crippen molar-refractivity contribution in [2.24, 2.45) is 0 Å². The summed E-state index contributed by atoms with van der Waals surface area (Å²) in [5, 5.41) is 13.8. The molecule has 0 radical (unpaired) electrons. The average Bonchev–Trinajstić information content (AvgIpc) is 2.82. The van der Waals surface area contributed by atoms with Crippen LogP contribution < -0.4 is 5.32 Å². The highest BCUT2D eigenvalue weighted by molar-refractivity contribution is 8.00. The molecule has 0 spiro atoms. The second-order valence-electron chi connectivity index (χ2n) is 7.86. The predicted molar refractivity (Wildman–Crippen MR) is 134 cm³/mol. The third-order valence-corrected chi connectivity index (χ3v) is 6.71. The van der Waals surface area contributed by atoms with Gasteiger partial charge in [0.05, 0.1) is 27.7 Å². The Hall–Kier alpha value is -3.69. The van der Waals surface area contributed by atoms with Crippen molar-refractivity contribution in [1.82, 2.24) is 9.97 Å². The monoisotopic (exact) mass is 452 g/mol. The molecule has 2 aromatic heterocycles. The number of benzene rings is 2. The van der Waals surface area contributed by atoms with Gasteiger partial charge < -0.3 is 5.32 Å². The van der Waals surface area contributed by atoms with Crippen LogP contribution in [0.15, 0.2) is 71.8 Å². The van der Waals surface area contributed by atoms with Crippen molar-refractivity contribution >= 4 is 34.3 Å². The van der Waals surface area contributed by atoms with Gasteiger partial charge in [-0.25, -0.2) is 4.98 Å². The van der Waals surface area contributed by atoms with Crippen molar-refractivity contribution in [3.05, 3.63) is 83.6 Å². The Balaban J connectivity index is 1.61. The zero-order valence-corrected chi connectivity index (χ0v) is 19.6. The van der Waals surface area contributed by atoms with Gasteiger partial charge in [-0.3, -0.25) is 9.78 Å². The minimum Gasteiger partial charge on any atom is -0.324 e. The van der Waals surface area contributed by atoms with E-state index in [-0.39, 0.29) is 5.91 Å². The predicted octanol–water partition coefficient (Wildman–Crippen LogP) is 6.29. The van der Waals surface area contributed by atoms with Gasteiger partial charge in [-0.2, -0.15) is 5.26 Å². The van der Waals surface area contributed by atoms with E-state index < -0.39 is 5.25 Å². The van der Waals surface area contributed by atoms with E-state index >= 15 is 0 Å².